The Morgan fingerprint density at radius 2 is 2.40 bits per heavy atom. The number of aromatic nitrogens is 2. The zero-order valence-corrected chi connectivity index (χ0v) is 11.9. The fourth-order valence-corrected chi connectivity index (χ4v) is 2.89. The summed E-state index contributed by atoms with van der Waals surface area (Å²) in [5.74, 6) is 0.553. The number of hydrogen-bond acceptors (Lipinski definition) is 3. The normalized spacial score (nSPS) is 19.1. The van der Waals surface area contributed by atoms with E-state index in [0.717, 1.165) is 18.8 Å². The predicted molar refractivity (Wildman–Crippen MR) is 79.1 cm³/mol. The highest BCUT2D eigenvalue weighted by atomic mass is 16.5. The molecule has 1 fully saturated rings. The van der Waals surface area contributed by atoms with Crippen LogP contribution in [0.4, 0.5) is 0 Å². The molecule has 4 nitrogen and oxygen atoms in total. The van der Waals surface area contributed by atoms with Crippen molar-refractivity contribution in [2.24, 2.45) is 0 Å². The van der Waals surface area contributed by atoms with Crippen LogP contribution in [0.1, 0.15) is 30.0 Å². The fraction of sp³-hybridized carbons (Fsp3) is 0.438. The quantitative estimate of drug-likeness (QED) is 0.928. The van der Waals surface area contributed by atoms with E-state index in [4.69, 9.17) is 4.74 Å². The lowest BCUT2D eigenvalue weighted by molar-refractivity contribution is 0.185. The molecule has 1 aliphatic heterocycles. The lowest BCUT2D eigenvalue weighted by atomic mass is 9.96. The van der Waals surface area contributed by atoms with Gasteiger partial charge in [-0.1, -0.05) is 12.1 Å². The van der Waals surface area contributed by atoms with Crippen LogP contribution in [0.2, 0.25) is 0 Å². The van der Waals surface area contributed by atoms with Gasteiger partial charge >= 0.3 is 0 Å². The van der Waals surface area contributed by atoms with Gasteiger partial charge in [-0.15, -0.1) is 0 Å². The van der Waals surface area contributed by atoms with Crippen LogP contribution >= 0.6 is 0 Å². The summed E-state index contributed by atoms with van der Waals surface area (Å²) in [6, 6.07) is 8.46. The van der Waals surface area contributed by atoms with Gasteiger partial charge in [0.25, 0.3) is 0 Å². The van der Waals surface area contributed by atoms with Crippen molar-refractivity contribution in [2.45, 2.75) is 25.4 Å². The molecule has 106 valence electrons. The van der Waals surface area contributed by atoms with E-state index in [2.05, 4.69) is 39.1 Å². The molecule has 0 amide bonds. The minimum absolute atomic E-state index is 0.553. The molecule has 2 aromatic rings. The summed E-state index contributed by atoms with van der Waals surface area (Å²) >= 11 is 0. The highest BCUT2D eigenvalue weighted by Crippen LogP contribution is 2.25. The molecule has 1 atom stereocenters. The second-order valence-electron chi connectivity index (χ2n) is 5.33. The number of ether oxygens (including phenoxy) is 1. The van der Waals surface area contributed by atoms with E-state index in [1.54, 1.807) is 7.11 Å². The largest absolute Gasteiger partial charge is 0.380 e. The van der Waals surface area contributed by atoms with Gasteiger partial charge in [0.2, 0.25) is 0 Å². The molecule has 1 N–H and O–H groups in total. The number of benzene rings is 1. The Morgan fingerprint density at radius 1 is 1.45 bits per heavy atom. The summed E-state index contributed by atoms with van der Waals surface area (Å²) < 4.78 is 7.42. The van der Waals surface area contributed by atoms with Crippen molar-refractivity contribution < 1.29 is 4.74 Å². The van der Waals surface area contributed by atoms with Crippen LogP contribution in [0.5, 0.6) is 0 Å². The third-order valence-corrected chi connectivity index (χ3v) is 3.88. The minimum Gasteiger partial charge on any atom is -0.380 e. The molecule has 0 aliphatic carbocycles. The fourth-order valence-electron chi connectivity index (χ4n) is 2.89. The van der Waals surface area contributed by atoms with Crippen molar-refractivity contribution in [3.8, 4) is 5.69 Å². The van der Waals surface area contributed by atoms with Gasteiger partial charge in [-0.3, -0.25) is 0 Å². The highest BCUT2D eigenvalue weighted by molar-refractivity contribution is 5.38. The highest BCUT2D eigenvalue weighted by Gasteiger charge is 2.19. The average molecular weight is 271 g/mol. The van der Waals surface area contributed by atoms with Gasteiger partial charge < -0.3 is 14.6 Å². The second-order valence-corrected chi connectivity index (χ2v) is 5.33. The van der Waals surface area contributed by atoms with Crippen molar-refractivity contribution in [3.63, 3.8) is 0 Å². The van der Waals surface area contributed by atoms with Crippen molar-refractivity contribution in [2.75, 3.05) is 20.2 Å². The van der Waals surface area contributed by atoms with E-state index in [-0.39, 0.29) is 0 Å². The zero-order valence-electron chi connectivity index (χ0n) is 11.9. The average Bonchev–Trinajstić information content (AvgIpc) is 2.98. The zero-order chi connectivity index (χ0) is 13.8. The maximum absolute atomic E-state index is 5.21. The number of nitrogens with one attached hydrogen (secondary N) is 1. The lowest BCUT2D eigenvalue weighted by Crippen LogP contribution is -2.29. The van der Waals surface area contributed by atoms with Gasteiger partial charge in [0.05, 0.1) is 12.9 Å². The summed E-state index contributed by atoms with van der Waals surface area (Å²) in [4.78, 5) is 4.35. The number of piperidine rings is 1. The smallest absolute Gasteiger partial charge is 0.0994 e. The maximum atomic E-state index is 5.21. The monoisotopic (exact) mass is 271 g/mol. The summed E-state index contributed by atoms with van der Waals surface area (Å²) in [5.41, 5.74) is 3.65. The number of methoxy groups -OCH3 is 1. The standard InChI is InChI=1S/C16H21N3O/c1-20-11-13-4-2-6-15(8-13)19-12-18-10-16(19)14-5-3-7-17-9-14/h2,4,6,8,10,12,14,17H,3,5,7,9,11H2,1H3. The molecular formula is C16H21N3O. The van der Waals surface area contributed by atoms with Crippen LogP contribution < -0.4 is 5.32 Å². The maximum Gasteiger partial charge on any atom is 0.0994 e. The van der Waals surface area contributed by atoms with Gasteiger partial charge in [0.15, 0.2) is 0 Å². The first-order valence-electron chi connectivity index (χ1n) is 7.19. The summed E-state index contributed by atoms with van der Waals surface area (Å²) in [7, 11) is 1.73. The van der Waals surface area contributed by atoms with Crippen LogP contribution in [0.3, 0.4) is 0 Å². The third kappa shape index (κ3) is 2.76. The Kier molecular flexibility index (Phi) is 4.14. The molecule has 0 spiro atoms. The molecule has 1 aromatic carbocycles. The Hall–Kier alpha value is -1.65. The number of hydrogen-bond donors (Lipinski definition) is 1. The first kappa shape index (κ1) is 13.3. The minimum atomic E-state index is 0.553. The van der Waals surface area contributed by atoms with Crippen LogP contribution in [0.25, 0.3) is 5.69 Å². The number of nitrogens with zero attached hydrogens (tertiary/aromatic N) is 2. The van der Waals surface area contributed by atoms with Crippen LogP contribution in [0.15, 0.2) is 36.8 Å². The van der Waals surface area contributed by atoms with Crippen LogP contribution in [0, 0.1) is 0 Å². The second kappa shape index (κ2) is 6.20. The molecule has 0 saturated carbocycles. The SMILES string of the molecule is COCc1cccc(-n2cncc2C2CCCNC2)c1. The van der Waals surface area contributed by atoms with Crippen molar-refractivity contribution in [1.29, 1.82) is 0 Å². The molecule has 1 unspecified atom stereocenters. The molecule has 3 rings (SSSR count). The van der Waals surface area contributed by atoms with Crippen LogP contribution in [-0.4, -0.2) is 29.8 Å². The number of rotatable bonds is 4. The van der Waals surface area contributed by atoms with Gasteiger partial charge in [0.1, 0.15) is 0 Å². The topological polar surface area (TPSA) is 39.1 Å². The van der Waals surface area contributed by atoms with E-state index < -0.39 is 0 Å². The lowest BCUT2D eigenvalue weighted by Gasteiger charge is -2.24. The Labute approximate surface area is 119 Å². The molecule has 1 aliphatic rings. The first-order valence-corrected chi connectivity index (χ1v) is 7.19. The van der Waals surface area contributed by atoms with Gasteiger partial charge in [-0.25, -0.2) is 4.98 Å². The van der Waals surface area contributed by atoms with Crippen LogP contribution in [-0.2, 0) is 11.3 Å². The Bertz CT molecular complexity index is 558. The Balaban J connectivity index is 1.90. The third-order valence-electron chi connectivity index (χ3n) is 3.88. The van der Waals surface area contributed by atoms with Crippen molar-refractivity contribution in [1.82, 2.24) is 14.9 Å². The van der Waals surface area contributed by atoms with Crippen molar-refractivity contribution >= 4 is 0 Å². The molecule has 1 saturated heterocycles. The van der Waals surface area contributed by atoms with E-state index in [0.29, 0.717) is 12.5 Å². The van der Waals surface area contributed by atoms with Crippen molar-refractivity contribution in [3.05, 3.63) is 48.0 Å². The molecule has 2 heterocycles. The molecular weight excluding hydrogens is 250 g/mol. The van der Waals surface area contributed by atoms with Gasteiger partial charge in [-0.2, -0.15) is 0 Å². The molecule has 0 bridgehead atoms. The molecule has 4 heteroatoms. The molecule has 20 heavy (non-hydrogen) atoms. The molecule has 0 radical (unpaired) electrons. The van der Waals surface area contributed by atoms with E-state index >= 15 is 0 Å². The predicted octanol–water partition coefficient (Wildman–Crippen LogP) is 2.49. The van der Waals surface area contributed by atoms with E-state index in [1.165, 1.54) is 24.1 Å². The summed E-state index contributed by atoms with van der Waals surface area (Å²) in [6.45, 7) is 2.82. The van der Waals surface area contributed by atoms with E-state index in [9.17, 15) is 0 Å². The van der Waals surface area contributed by atoms with E-state index in [1.807, 2.05) is 12.5 Å². The summed E-state index contributed by atoms with van der Waals surface area (Å²) in [6.07, 6.45) is 6.38. The number of imidazole rings is 1. The van der Waals surface area contributed by atoms with Gasteiger partial charge in [0, 0.05) is 37.2 Å². The first-order chi connectivity index (χ1) is 9.88. The Morgan fingerprint density at radius 3 is 3.20 bits per heavy atom. The molecule has 1 aromatic heterocycles. The van der Waals surface area contributed by atoms with Gasteiger partial charge in [-0.05, 0) is 37.1 Å². The summed E-state index contributed by atoms with van der Waals surface area (Å²) in [5, 5.41) is 3.47.